The van der Waals surface area contributed by atoms with Crippen LogP contribution in [0.3, 0.4) is 0 Å². The van der Waals surface area contributed by atoms with E-state index >= 15 is 0 Å². The number of hydrogen-bond acceptors (Lipinski definition) is 1. The fourth-order valence-corrected chi connectivity index (χ4v) is 0.304. The third kappa shape index (κ3) is 11.2. The van der Waals surface area contributed by atoms with Crippen molar-refractivity contribution in [2.75, 3.05) is 6.54 Å². The largest absolute Gasteiger partial charge is 0.289 e. The van der Waals surface area contributed by atoms with Gasteiger partial charge >= 0.3 is 0 Å². The summed E-state index contributed by atoms with van der Waals surface area (Å²) in [7, 11) is 0. The summed E-state index contributed by atoms with van der Waals surface area (Å²) in [6.45, 7) is 8.89. The lowest BCUT2D eigenvalue weighted by molar-refractivity contribution is 1.29. The molecule has 1 nitrogen and oxygen atoms in total. The lowest BCUT2D eigenvalue weighted by Gasteiger charge is -1.60. The molecule has 0 atom stereocenters. The van der Waals surface area contributed by atoms with Crippen LogP contribution in [0.4, 0.5) is 0 Å². The van der Waals surface area contributed by atoms with Gasteiger partial charge < -0.3 is 0 Å². The van der Waals surface area contributed by atoms with Crippen LogP contribution in [-0.4, -0.2) is 12.8 Å². The van der Waals surface area contributed by atoms with Gasteiger partial charge in [-0.3, -0.25) is 4.99 Å². The molecule has 0 fully saturated rings. The predicted octanol–water partition coefficient (Wildman–Crippen LogP) is 2.68. The Morgan fingerprint density at radius 1 is 1.11 bits per heavy atom. The fraction of sp³-hybridized carbons (Fsp3) is 0.625. The van der Waals surface area contributed by atoms with Crippen molar-refractivity contribution in [3.63, 3.8) is 0 Å². The zero-order valence-electron chi connectivity index (χ0n) is 6.89. The zero-order chi connectivity index (χ0) is 7.54. The SMILES string of the molecule is C1=CCN=C1.CC.CC. The molecule has 0 aromatic rings. The first kappa shape index (κ1) is 11.2. The Labute approximate surface area is 58.5 Å². The van der Waals surface area contributed by atoms with Crippen molar-refractivity contribution in [2.24, 2.45) is 4.99 Å². The van der Waals surface area contributed by atoms with E-state index < -0.39 is 0 Å². The normalized spacial score (nSPS) is 11.1. The predicted molar refractivity (Wildman–Crippen MR) is 45.2 cm³/mol. The molecule has 0 saturated heterocycles. The third-order valence-electron chi connectivity index (χ3n) is 0.538. The standard InChI is InChI=1S/C4H5N.2C2H6/c1-2-4-5-3-1;2*1-2/h1-3H,4H2;2*1-2H3. The van der Waals surface area contributed by atoms with Crippen molar-refractivity contribution < 1.29 is 0 Å². The van der Waals surface area contributed by atoms with E-state index in [2.05, 4.69) is 4.99 Å². The molecular weight excluding hydrogens is 110 g/mol. The first-order chi connectivity index (χ1) is 4.50. The molecule has 1 aliphatic rings. The molecule has 54 valence electrons. The molecule has 0 bridgehead atoms. The second-order valence-electron chi connectivity index (χ2n) is 0.942. The first-order valence-corrected chi connectivity index (χ1v) is 3.65. The average Bonchev–Trinajstić information content (AvgIpc) is 2.51. The van der Waals surface area contributed by atoms with Gasteiger partial charge in [0.15, 0.2) is 0 Å². The van der Waals surface area contributed by atoms with Gasteiger partial charge in [-0.15, -0.1) is 0 Å². The highest BCUT2D eigenvalue weighted by molar-refractivity contribution is 5.73. The summed E-state index contributed by atoms with van der Waals surface area (Å²) in [5, 5.41) is 0. The highest BCUT2D eigenvalue weighted by Gasteiger charge is 1.72. The van der Waals surface area contributed by atoms with E-state index in [9.17, 15) is 0 Å². The summed E-state index contributed by atoms with van der Waals surface area (Å²) in [5.74, 6) is 0. The Morgan fingerprint density at radius 3 is 1.78 bits per heavy atom. The maximum absolute atomic E-state index is 3.85. The van der Waals surface area contributed by atoms with E-state index in [0.717, 1.165) is 6.54 Å². The molecule has 0 spiro atoms. The Morgan fingerprint density at radius 2 is 1.67 bits per heavy atom. The second-order valence-corrected chi connectivity index (χ2v) is 0.942. The van der Waals surface area contributed by atoms with Crippen molar-refractivity contribution in [3.05, 3.63) is 12.2 Å². The Bertz CT molecular complexity index is 62.6. The van der Waals surface area contributed by atoms with Crippen LogP contribution >= 0.6 is 0 Å². The molecule has 0 aromatic carbocycles. The summed E-state index contributed by atoms with van der Waals surface area (Å²) >= 11 is 0. The number of hydrogen-bond donors (Lipinski definition) is 0. The average molecular weight is 127 g/mol. The van der Waals surface area contributed by atoms with Gasteiger partial charge in [-0.2, -0.15) is 0 Å². The summed E-state index contributed by atoms with van der Waals surface area (Å²) in [6.07, 6.45) is 5.76. The molecule has 1 aliphatic heterocycles. The lowest BCUT2D eigenvalue weighted by Crippen LogP contribution is -1.54. The highest BCUT2D eigenvalue weighted by Crippen LogP contribution is 1.78. The minimum absolute atomic E-state index is 0.889. The quantitative estimate of drug-likeness (QED) is 0.474. The van der Waals surface area contributed by atoms with E-state index in [1.807, 2.05) is 39.8 Å². The zero-order valence-corrected chi connectivity index (χ0v) is 6.89. The Hall–Kier alpha value is -0.590. The van der Waals surface area contributed by atoms with E-state index in [1.54, 1.807) is 6.21 Å². The van der Waals surface area contributed by atoms with Crippen LogP contribution in [0, 0.1) is 0 Å². The topological polar surface area (TPSA) is 12.4 Å². The maximum Gasteiger partial charge on any atom is 0.0573 e. The Balaban J connectivity index is 0. The van der Waals surface area contributed by atoms with E-state index in [-0.39, 0.29) is 0 Å². The van der Waals surface area contributed by atoms with Gasteiger partial charge in [-0.05, 0) is 6.08 Å². The van der Waals surface area contributed by atoms with Gasteiger partial charge in [-0.25, -0.2) is 0 Å². The fourth-order valence-electron chi connectivity index (χ4n) is 0.304. The summed E-state index contributed by atoms with van der Waals surface area (Å²) < 4.78 is 0. The van der Waals surface area contributed by atoms with Crippen LogP contribution in [0.25, 0.3) is 0 Å². The van der Waals surface area contributed by atoms with Gasteiger partial charge in [0.1, 0.15) is 0 Å². The summed E-state index contributed by atoms with van der Waals surface area (Å²) in [5.41, 5.74) is 0. The molecule has 0 aliphatic carbocycles. The van der Waals surface area contributed by atoms with Crippen molar-refractivity contribution in [1.82, 2.24) is 0 Å². The molecule has 1 heterocycles. The van der Waals surface area contributed by atoms with E-state index in [1.165, 1.54) is 0 Å². The van der Waals surface area contributed by atoms with E-state index in [0.29, 0.717) is 0 Å². The van der Waals surface area contributed by atoms with Crippen molar-refractivity contribution in [3.8, 4) is 0 Å². The molecule has 0 N–H and O–H groups in total. The number of aliphatic imine (C=N–C) groups is 1. The van der Waals surface area contributed by atoms with Gasteiger partial charge in [0.05, 0.1) is 6.54 Å². The van der Waals surface area contributed by atoms with E-state index in [4.69, 9.17) is 0 Å². The van der Waals surface area contributed by atoms with Crippen LogP contribution in [0.1, 0.15) is 27.7 Å². The molecule has 0 aromatic heterocycles. The van der Waals surface area contributed by atoms with Crippen molar-refractivity contribution >= 4 is 6.21 Å². The smallest absolute Gasteiger partial charge is 0.0573 e. The molecule has 0 amide bonds. The highest BCUT2D eigenvalue weighted by atomic mass is 14.7. The van der Waals surface area contributed by atoms with Crippen LogP contribution in [0.5, 0.6) is 0 Å². The number of rotatable bonds is 0. The van der Waals surface area contributed by atoms with Crippen LogP contribution < -0.4 is 0 Å². The summed E-state index contributed by atoms with van der Waals surface area (Å²) in [4.78, 5) is 3.85. The lowest BCUT2D eigenvalue weighted by atomic mass is 10.6. The molecule has 1 heteroatoms. The number of nitrogens with zero attached hydrogens (tertiary/aromatic N) is 1. The maximum atomic E-state index is 3.85. The minimum Gasteiger partial charge on any atom is -0.289 e. The molecule has 9 heavy (non-hydrogen) atoms. The minimum atomic E-state index is 0.889. The van der Waals surface area contributed by atoms with Gasteiger partial charge in [0.2, 0.25) is 0 Å². The van der Waals surface area contributed by atoms with Crippen LogP contribution in [0.15, 0.2) is 17.1 Å². The van der Waals surface area contributed by atoms with Gasteiger partial charge in [-0.1, -0.05) is 33.8 Å². The first-order valence-electron chi connectivity index (χ1n) is 3.65. The molecule has 0 radical (unpaired) electrons. The third-order valence-corrected chi connectivity index (χ3v) is 0.538. The molecule has 1 rings (SSSR count). The van der Waals surface area contributed by atoms with Crippen LogP contribution in [-0.2, 0) is 0 Å². The van der Waals surface area contributed by atoms with Crippen molar-refractivity contribution in [2.45, 2.75) is 27.7 Å². The van der Waals surface area contributed by atoms with Crippen molar-refractivity contribution in [1.29, 1.82) is 0 Å². The molecule has 0 saturated carbocycles. The molecule has 0 unspecified atom stereocenters. The van der Waals surface area contributed by atoms with Crippen LogP contribution in [0.2, 0.25) is 0 Å². The van der Waals surface area contributed by atoms with Gasteiger partial charge in [0, 0.05) is 6.21 Å². The second kappa shape index (κ2) is 15.7. The van der Waals surface area contributed by atoms with Gasteiger partial charge in [0.25, 0.3) is 0 Å². The molecular formula is C8H17N. The number of allylic oxidation sites excluding steroid dienone is 1. The summed E-state index contributed by atoms with van der Waals surface area (Å²) in [6, 6.07) is 0. The Kier molecular flexibility index (Phi) is 19.5. The monoisotopic (exact) mass is 127 g/mol.